The molecule has 0 unspecified atom stereocenters. The lowest BCUT2D eigenvalue weighted by atomic mass is 9.97. The zero-order chi connectivity index (χ0) is 19.5. The van der Waals surface area contributed by atoms with E-state index in [-0.39, 0.29) is 0 Å². The Morgan fingerprint density at radius 1 is 1.21 bits per heavy atom. The molecule has 2 aromatic heterocycles. The molecule has 0 N–H and O–H groups in total. The Labute approximate surface area is 176 Å². The van der Waals surface area contributed by atoms with E-state index in [9.17, 15) is 4.79 Å². The lowest BCUT2D eigenvalue weighted by Crippen LogP contribution is -2.00. The molecular formula is C24H28ClNOS. The Balaban J connectivity index is 1.62. The first-order valence-electron chi connectivity index (χ1n) is 10.6. The van der Waals surface area contributed by atoms with E-state index in [4.69, 9.17) is 11.6 Å². The van der Waals surface area contributed by atoms with E-state index in [0.717, 1.165) is 63.7 Å². The molecule has 0 amide bonds. The molecule has 28 heavy (non-hydrogen) atoms. The summed E-state index contributed by atoms with van der Waals surface area (Å²) in [6.07, 6.45) is 11.2. The number of carbonyl (C=O) groups is 1. The van der Waals surface area contributed by atoms with Gasteiger partial charge in [0, 0.05) is 12.1 Å². The third-order valence-corrected chi connectivity index (χ3v) is 7.39. The maximum atomic E-state index is 11.2. The Morgan fingerprint density at radius 2 is 2.04 bits per heavy atom. The van der Waals surface area contributed by atoms with Gasteiger partial charge in [0.1, 0.15) is 0 Å². The number of rotatable bonds is 8. The Morgan fingerprint density at radius 3 is 2.75 bits per heavy atom. The van der Waals surface area contributed by atoms with Crippen molar-refractivity contribution in [2.45, 2.75) is 64.8 Å². The molecule has 1 aromatic carbocycles. The van der Waals surface area contributed by atoms with E-state index >= 15 is 0 Å². The van der Waals surface area contributed by atoms with Gasteiger partial charge in [-0.2, -0.15) is 0 Å². The Kier molecular flexibility index (Phi) is 6.22. The zero-order valence-electron chi connectivity index (χ0n) is 16.5. The molecule has 0 atom stereocenters. The Bertz CT molecular complexity index is 965. The fourth-order valence-corrected chi connectivity index (χ4v) is 5.71. The molecule has 0 spiro atoms. The highest BCUT2D eigenvalue weighted by atomic mass is 35.5. The molecule has 0 bridgehead atoms. The molecule has 3 aromatic rings. The van der Waals surface area contributed by atoms with Crippen molar-refractivity contribution in [2.24, 2.45) is 5.92 Å². The van der Waals surface area contributed by atoms with Crippen LogP contribution in [0.3, 0.4) is 0 Å². The molecule has 148 valence electrons. The molecular weight excluding hydrogens is 386 g/mol. The van der Waals surface area contributed by atoms with Crippen LogP contribution in [0.4, 0.5) is 0 Å². The molecule has 1 fully saturated rings. The van der Waals surface area contributed by atoms with Crippen molar-refractivity contribution in [3.63, 3.8) is 0 Å². The highest BCUT2D eigenvalue weighted by Crippen LogP contribution is 2.37. The first-order chi connectivity index (χ1) is 13.7. The van der Waals surface area contributed by atoms with Crippen molar-refractivity contribution in [3.05, 3.63) is 45.8 Å². The van der Waals surface area contributed by atoms with Gasteiger partial charge in [0.2, 0.25) is 0 Å². The fraction of sp³-hybridized carbons (Fsp3) is 0.458. The summed E-state index contributed by atoms with van der Waals surface area (Å²) in [6.45, 7) is 3.15. The number of hydrogen-bond acceptors (Lipinski definition) is 2. The standard InChI is InChI=1S/C24H28ClNOS/c1-2-3-12-26-22(15-24-23(26)14-19(16-27)28-24)20-11-10-18(13-21(20)25)9-8-17-6-4-5-7-17/h10-11,13-17H,2-9,12H2,1H3. The average molecular weight is 414 g/mol. The molecule has 2 heterocycles. The SMILES string of the molecule is CCCCn1c(-c2ccc(CCC3CCCC3)cc2Cl)cc2sc(C=O)cc21. The van der Waals surface area contributed by atoms with Gasteiger partial charge in [-0.25, -0.2) is 0 Å². The first-order valence-corrected chi connectivity index (χ1v) is 11.8. The van der Waals surface area contributed by atoms with Gasteiger partial charge in [0.25, 0.3) is 0 Å². The minimum Gasteiger partial charge on any atom is -0.340 e. The number of benzene rings is 1. The quantitative estimate of drug-likeness (QED) is 0.346. The Hall–Kier alpha value is -1.58. The number of fused-ring (bicyclic) bond motifs is 1. The lowest BCUT2D eigenvalue weighted by molar-refractivity contribution is 0.112. The number of carbonyl (C=O) groups excluding carboxylic acids is 1. The summed E-state index contributed by atoms with van der Waals surface area (Å²) in [6, 6.07) is 10.8. The number of aryl methyl sites for hydroxylation is 2. The minimum absolute atomic E-state index is 0.787. The highest BCUT2D eigenvalue weighted by Gasteiger charge is 2.17. The molecule has 4 rings (SSSR count). The van der Waals surface area contributed by atoms with Crippen LogP contribution < -0.4 is 0 Å². The summed E-state index contributed by atoms with van der Waals surface area (Å²) >= 11 is 8.31. The smallest absolute Gasteiger partial charge is 0.160 e. The van der Waals surface area contributed by atoms with Crippen LogP contribution in [-0.2, 0) is 13.0 Å². The van der Waals surface area contributed by atoms with E-state index in [1.807, 2.05) is 6.07 Å². The van der Waals surface area contributed by atoms with Crippen molar-refractivity contribution in [1.29, 1.82) is 0 Å². The van der Waals surface area contributed by atoms with Gasteiger partial charge in [-0.15, -0.1) is 11.3 Å². The zero-order valence-corrected chi connectivity index (χ0v) is 18.1. The number of aldehydes is 1. The second-order valence-corrected chi connectivity index (χ2v) is 9.58. The number of thiophene rings is 1. The minimum atomic E-state index is 0.787. The van der Waals surface area contributed by atoms with Gasteiger partial charge < -0.3 is 4.57 Å². The first kappa shape index (κ1) is 19.7. The monoisotopic (exact) mass is 413 g/mol. The summed E-state index contributed by atoms with van der Waals surface area (Å²) in [7, 11) is 0. The summed E-state index contributed by atoms with van der Waals surface area (Å²) in [5, 5.41) is 0.836. The molecule has 1 aliphatic rings. The van der Waals surface area contributed by atoms with Crippen LogP contribution in [0.15, 0.2) is 30.3 Å². The van der Waals surface area contributed by atoms with E-state index < -0.39 is 0 Å². The summed E-state index contributed by atoms with van der Waals surface area (Å²) in [5.74, 6) is 0.906. The number of hydrogen-bond donors (Lipinski definition) is 0. The summed E-state index contributed by atoms with van der Waals surface area (Å²) in [4.78, 5) is 12.0. The molecule has 0 radical (unpaired) electrons. The second-order valence-electron chi connectivity index (χ2n) is 8.05. The van der Waals surface area contributed by atoms with Crippen LogP contribution in [0, 0.1) is 5.92 Å². The van der Waals surface area contributed by atoms with Crippen LogP contribution >= 0.6 is 22.9 Å². The van der Waals surface area contributed by atoms with Crippen LogP contribution in [0.2, 0.25) is 5.02 Å². The van der Waals surface area contributed by atoms with Gasteiger partial charge in [-0.1, -0.05) is 62.8 Å². The van der Waals surface area contributed by atoms with E-state index in [0.29, 0.717) is 0 Å². The molecule has 1 saturated carbocycles. The molecule has 0 aliphatic heterocycles. The molecule has 4 heteroatoms. The molecule has 0 saturated heterocycles. The highest BCUT2D eigenvalue weighted by molar-refractivity contribution is 7.20. The maximum absolute atomic E-state index is 11.2. The normalized spacial score (nSPS) is 14.9. The third kappa shape index (κ3) is 4.06. The van der Waals surface area contributed by atoms with Gasteiger partial charge >= 0.3 is 0 Å². The predicted octanol–water partition coefficient (Wildman–Crippen LogP) is 7.76. The largest absolute Gasteiger partial charge is 0.340 e. The van der Waals surface area contributed by atoms with Crippen molar-refractivity contribution in [2.75, 3.05) is 0 Å². The van der Waals surface area contributed by atoms with Gasteiger partial charge in [0.05, 0.1) is 25.8 Å². The summed E-state index contributed by atoms with van der Waals surface area (Å²) in [5.41, 5.74) is 4.76. The lowest BCUT2D eigenvalue weighted by Gasteiger charge is -2.13. The van der Waals surface area contributed by atoms with E-state index in [1.165, 1.54) is 43.4 Å². The average Bonchev–Trinajstić information content (AvgIpc) is 3.41. The second kappa shape index (κ2) is 8.84. The fourth-order valence-electron chi connectivity index (χ4n) is 4.49. The van der Waals surface area contributed by atoms with Gasteiger partial charge in [0.15, 0.2) is 6.29 Å². The van der Waals surface area contributed by atoms with Gasteiger partial charge in [-0.3, -0.25) is 4.79 Å². The summed E-state index contributed by atoms with van der Waals surface area (Å²) < 4.78 is 3.50. The molecule has 2 nitrogen and oxygen atoms in total. The number of halogens is 1. The predicted molar refractivity (Wildman–Crippen MR) is 121 cm³/mol. The van der Waals surface area contributed by atoms with Crippen LogP contribution in [0.1, 0.15) is 67.1 Å². The third-order valence-electron chi connectivity index (χ3n) is 6.09. The van der Waals surface area contributed by atoms with Crippen molar-refractivity contribution in [3.8, 4) is 11.3 Å². The number of nitrogens with zero attached hydrogens (tertiary/aromatic N) is 1. The van der Waals surface area contributed by atoms with Crippen LogP contribution in [-0.4, -0.2) is 10.9 Å². The number of aromatic nitrogens is 1. The van der Waals surface area contributed by atoms with Crippen LogP contribution in [0.5, 0.6) is 0 Å². The van der Waals surface area contributed by atoms with Crippen LogP contribution in [0.25, 0.3) is 21.5 Å². The topological polar surface area (TPSA) is 22.0 Å². The maximum Gasteiger partial charge on any atom is 0.160 e. The van der Waals surface area contributed by atoms with Crippen molar-refractivity contribution >= 4 is 39.4 Å². The van der Waals surface area contributed by atoms with Gasteiger partial charge in [-0.05, 0) is 48.9 Å². The van der Waals surface area contributed by atoms with E-state index in [1.54, 1.807) is 11.3 Å². The van der Waals surface area contributed by atoms with E-state index in [2.05, 4.69) is 35.8 Å². The molecule has 1 aliphatic carbocycles. The van der Waals surface area contributed by atoms with Crippen molar-refractivity contribution < 1.29 is 4.79 Å². The number of unbranched alkanes of at least 4 members (excludes halogenated alkanes) is 1. The van der Waals surface area contributed by atoms with Crippen molar-refractivity contribution in [1.82, 2.24) is 4.57 Å².